The molecular weight excluding hydrogens is 337 g/mol. The van der Waals surface area contributed by atoms with Gasteiger partial charge in [0.05, 0.1) is 6.54 Å². The number of ketones is 1. The highest BCUT2D eigenvalue weighted by Crippen LogP contribution is 2.12. The highest BCUT2D eigenvalue weighted by Gasteiger charge is 2.15. The average molecular weight is 359 g/mol. The molecule has 0 amide bonds. The number of hydrogen-bond acceptors (Lipinski definition) is 2. The minimum atomic E-state index is 0.199. The van der Waals surface area contributed by atoms with Gasteiger partial charge >= 0.3 is 0 Å². The first kappa shape index (κ1) is 15.6. The fourth-order valence-corrected chi connectivity index (χ4v) is 2.33. The van der Waals surface area contributed by atoms with E-state index in [1.165, 1.54) is 0 Å². The summed E-state index contributed by atoms with van der Waals surface area (Å²) in [5.41, 5.74) is 0.805. The molecule has 0 aliphatic heterocycles. The third kappa shape index (κ3) is 5.06. The fraction of sp³-hybridized carbons (Fsp3) is 0.533. The van der Waals surface area contributed by atoms with E-state index >= 15 is 0 Å². The van der Waals surface area contributed by atoms with Crippen LogP contribution in [0.4, 0.5) is 0 Å². The lowest BCUT2D eigenvalue weighted by Crippen LogP contribution is -2.34. The van der Waals surface area contributed by atoms with Gasteiger partial charge < -0.3 is 0 Å². The number of hydrogen-bond donors (Lipinski definition) is 0. The van der Waals surface area contributed by atoms with Crippen molar-refractivity contribution in [1.82, 2.24) is 4.90 Å². The Hall–Kier alpha value is -0.420. The maximum Gasteiger partial charge on any atom is 0.176 e. The summed E-state index contributed by atoms with van der Waals surface area (Å²) in [5.74, 6) is 0.861. The van der Waals surface area contributed by atoms with Crippen molar-refractivity contribution in [1.29, 1.82) is 0 Å². The van der Waals surface area contributed by atoms with Crippen LogP contribution >= 0.6 is 22.6 Å². The molecule has 0 spiro atoms. The summed E-state index contributed by atoms with van der Waals surface area (Å²) in [6.45, 7) is 7.10. The third-order valence-corrected chi connectivity index (χ3v) is 3.84. The Labute approximate surface area is 124 Å². The number of Topliss-reactive ketones (excluding diaryl/α,β-unsaturated/α-hetero) is 1. The Morgan fingerprint density at radius 1 is 1.22 bits per heavy atom. The lowest BCUT2D eigenvalue weighted by atomic mass is 10.0. The first-order chi connectivity index (χ1) is 8.40. The normalized spacial score (nSPS) is 13.1. The van der Waals surface area contributed by atoms with Gasteiger partial charge in [0.2, 0.25) is 0 Å². The van der Waals surface area contributed by atoms with Gasteiger partial charge in [-0.25, -0.2) is 0 Å². The molecule has 1 unspecified atom stereocenters. The lowest BCUT2D eigenvalue weighted by Gasteiger charge is -2.25. The minimum Gasteiger partial charge on any atom is -0.296 e. The lowest BCUT2D eigenvalue weighted by molar-refractivity contribution is 0.0916. The highest BCUT2D eigenvalue weighted by atomic mass is 127. The molecule has 0 aromatic heterocycles. The second-order valence-electron chi connectivity index (χ2n) is 5.32. The Morgan fingerprint density at radius 2 is 1.78 bits per heavy atom. The van der Waals surface area contributed by atoms with Crippen molar-refractivity contribution < 1.29 is 4.79 Å². The predicted octanol–water partition coefficient (Wildman–Crippen LogP) is 3.84. The number of carbonyl (C=O) groups is 1. The molecule has 0 aliphatic rings. The van der Waals surface area contributed by atoms with Gasteiger partial charge in [-0.2, -0.15) is 0 Å². The van der Waals surface area contributed by atoms with Crippen molar-refractivity contribution in [2.75, 3.05) is 13.6 Å². The minimum absolute atomic E-state index is 0.199. The maximum absolute atomic E-state index is 12.1. The van der Waals surface area contributed by atoms with Crippen molar-refractivity contribution in [2.45, 2.75) is 33.2 Å². The zero-order valence-electron chi connectivity index (χ0n) is 11.6. The topological polar surface area (TPSA) is 20.3 Å². The van der Waals surface area contributed by atoms with Gasteiger partial charge in [-0.3, -0.25) is 9.69 Å². The largest absolute Gasteiger partial charge is 0.296 e. The second kappa shape index (κ2) is 7.24. The van der Waals surface area contributed by atoms with Crippen LogP contribution < -0.4 is 0 Å². The summed E-state index contributed by atoms with van der Waals surface area (Å²) in [4.78, 5) is 14.3. The summed E-state index contributed by atoms with van der Waals surface area (Å²) < 4.78 is 1.16. The van der Waals surface area contributed by atoms with E-state index in [0.29, 0.717) is 18.5 Å². The quantitative estimate of drug-likeness (QED) is 0.568. The molecule has 0 heterocycles. The predicted molar refractivity (Wildman–Crippen MR) is 85.0 cm³/mol. The molecule has 3 heteroatoms. The molecule has 0 radical (unpaired) electrons. The van der Waals surface area contributed by atoms with E-state index < -0.39 is 0 Å². The molecule has 0 saturated carbocycles. The van der Waals surface area contributed by atoms with Crippen molar-refractivity contribution in [3.63, 3.8) is 0 Å². The van der Waals surface area contributed by atoms with Crippen molar-refractivity contribution in [2.24, 2.45) is 5.92 Å². The van der Waals surface area contributed by atoms with Crippen molar-refractivity contribution in [3.8, 4) is 0 Å². The van der Waals surface area contributed by atoms with Crippen LogP contribution in [-0.4, -0.2) is 30.3 Å². The average Bonchev–Trinajstić information content (AvgIpc) is 2.28. The van der Waals surface area contributed by atoms with Crippen LogP contribution in [0.1, 0.15) is 37.6 Å². The van der Waals surface area contributed by atoms with Gasteiger partial charge in [-0.05, 0) is 61.0 Å². The number of halogens is 1. The van der Waals surface area contributed by atoms with Crippen LogP contribution in [0.5, 0.6) is 0 Å². The molecule has 100 valence electrons. The molecule has 1 atom stereocenters. The molecule has 1 aromatic rings. The van der Waals surface area contributed by atoms with Crippen LogP contribution in [0.15, 0.2) is 24.3 Å². The summed E-state index contributed by atoms with van der Waals surface area (Å²) in [6.07, 6.45) is 1.12. The van der Waals surface area contributed by atoms with Crippen molar-refractivity contribution >= 4 is 28.4 Å². The van der Waals surface area contributed by atoms with Crippen molar-refractivity contribution in [3.05, 3.63) is 33.4 Å². The first-order valence-electron chi connectivity index (χ1n) is 6.39. The molecule has 2 nitrogen and oxygen atoms in total. The standard InChI is InChI=1S/C15H22INO/c1-11(2)9-12(3)17(4)10-15(18)13-5-7-14(16)8-6-13/h5-8,11-12H,9-10H2,1-4H3. The van der Waals surface area contributed by atoms with Gasteiger partial charge in [0.25, 0.3) is 0 Å². The maximum atomic E-state index is 12.1. The molecule has 0 saturated heterocycles. The first-order valence-corrected chi connectivity index (χ1v) is 7.47. The number of carbonyl (C=O) groups excluding carboxylic acids is 1. The highest BCUT2D eigenvalue weighted by molar-refractivity contribution is 14.1. The molecule has 0 N–H and O–H groups in total. The Kier molecular flexibility index (Phi) is 6.29. The molecule has 0 aliphatic carbocycles. The molecule has 0 bridgehead atoms. The van der Waals surface area contributed by atoms with Gasteiger partial charge in [0.1, 0.15) is 0 Å². The van der Waals surface area contributed by atoms with E-state index in [9.17, 15) is 4.79 Å². The zero-order valence-corrected chi connectivity index (χ0v) is 13.8. The van der Waals surface area contributed by atoms with Crippen LogP contribution in [0.3, 0.4) is 0 Å². The van der Waals surface area contributed by atoms with Crippen LogP contribution in [0.25, 0.3) is 0 Å². The third-order valence-electron chi connectivity index (χ3n) is 3.12. The van der Waals surface area contributed by atoms with E-state index in [1.807, 2.05) is 31.3 Å². The van der Waals surface area contributed by atoms with Gasteiger partial charge in [-0.1, -0.05) is 26.0 Å². The summed E-state index contributed by atoms with van der Waals surface area (Å²) >= 11 is 2.25. The Balaban J connectivity index is 2.56. The molecular formula is C15H22INO. The van der Waals surface area contributed by atoms with E-state index in [4.69, 9.17) is 0 Å². The Bertz CT molecular complexity index is 386. The van der Waals surface area contributed by atoms with E-state index in [-0.39, 0.29) is 5.78 Å². The summed E-state index contributed by atoms with van der Waals surface area (Å²) in [5, 5.41) is 0. The Morgan fingerprint density at radius 3 is 2.28 bits per heavy atom. The molecule has 0 fully saturated rings. The number of nitrogens with zero attached hydrogens (tertiary/aromatic N) is 1. The zero-order chi connectivity index (χ0) is 13.7. The molecule has 1 rings (SSSR count). The monoisotopic (exact) mass is 359 g/mol. The van der Waals surface area contributed by atoms with Crippen LogP contribution in [0.2, 0.25) is 0 Å². The van der Waals surface area contributed by atoms with E-state index in [2.05, 4.69) is 48.3 Å². The van der Waals surface area contributed by atoms with E-state index in [0.717, 1.165) is 15.6 Å². The van der Waals surface area contributed by atoms with Crippen LogP contribution in [-0.2, 0) is 0 Å². The fourth-order valence-electron chi connectivity index (χ4n) is 1.97. The smallest absolute Gasteiger partial charge is 0.176 e. The van der Waals surface area contributed by atoms with Crippen LogP contribution in [0, 0.1) is 9.49 Å². The molecule has 18 heavy (non-hydrogen) atoms. The van der Waals surface area contributed by atoms with Gasteiger partial charge in [-0.15, -0.1) is 0 Å². The number of likely N-dealkylation sites (N-methyl/N-ethyl adjacent to an activating group) is 1. The molecule has 1 aromatic carbocycles. The summed E-state index contributed by atoms with van der Waals surface area (Å²) in [7, 11) is 2.03. The SMILES string of the molecule is CC(C)CC(C)N(C)CC(=O)c1ccc(I)cc1. The second-order valence-corrected chi connectivity index (χ2v) is 6.57. The van der Waals surface area contributed by atoms with Gasteiger partial charge in [0.15, 0.2) is 5.78 Å². The number of rotatable bonds is 6. The number of benzene rings is 1. The van der Waals surface area contributed by atoms with E-state index in [1.54, 1.807) is 0 Å². The van der Waals surface area contributed by atoms with Gasteiger partial charge in [0, 0.05) is 15.2 Å². The summed E-state index contributed by atoms with van der Waals surface area (Å²) in [6, 6.07) is 8.21.